The van der Waals surface area contributed by atoms with E-state index < -0.39 is 46.4 Å². The van der Waals surface area contributed by atoms with Gasteiger partial charge in [0.05, 0.1) is 23.7 Å². The zero-order valence-electron chi connectivity index (χ0n) is 18.8. The van der Waals surface area contributed by atoms with E-state index in [1.807, 2.05) is 27.7 Å². The second-order valence-corrected chi connectivity index (χ2v) is 10.2. The summed E-state index contributed by atoms with van der Waals surface area (Å²) in [5.41, 5.74) is -2.21. The molecule has 6 atom stereocenters. The van der Waals surface area contributed by atoms with E-state index in [4.69, 9.17) is 18.6 Å². The van der Waals surface area contributed by atoms with Crippen molar-refractivity contribution in [3.63, 3.8) is 0 Å². The highest BCUT2D eigenvalue weighted by molar-refractivity contribution is 5.68. The maximum Gasteiger partial charge on any atom is 0.342 e. The Morgan fingerprint density at radius 2 is 1.94 bits per heavy atom. The van der Waals surface area contributed by atoms with Crippen molar-refractivity contribution in [1.29, 1.82) is 0 Å². The number of aryl methyl sites for hydroxylation is 1. The minimum Gasteiger partial charge on any atom is -0.486 e. The topological polar surface area (TPSA) is 112 Å². The predicted molar refractivity (Wildman–Crippen MR) is 109 cm³/mol. The molecule has 1 N–H and O–H groups in total. The fourth-order valence-corrected chi connectivity index (χ4v) is 6.75. The van der Waals surface area contributed by atoms with E-state index >= 15 is 0 Å². The first kappa shape index (κ1) is 21.9. The van der Waals surface area contributed by atoms with Crippen LogP contribution in [-0.2, 0) is 25.5 Å². The van der Waals surface area contributed by atoms with Gasteiger partial charge in [-0.15, -0.1) is 0 Å². The van der Waals surface area contributed by atoms with Gasteiger partial charge in [0.15, 0.2) is 0 Å². The van der Waals surface area contributed by atoms with Crippen LogP contribution >= 0.6 is 0 Å². The molecule has 0 spiro atoms. The molecule has 1 aliphatic carbocycles. The number of carboxylic acids is 1. The van der Waals surface area contributed by atoms with Gasteiger partial charge < -0.3 is 23.7 Å². The van der Waals surface area contributed by atoms with Crippen LogP contribution in [0.3, 0.4) is 0 Å². The molecule has 8 nitrogen and oxygen atoms in total. The summed E-state index contributed by atoms with van der Waals surface area (Å²) in [6, 6.07) is 1.71. The molecular weight excluding hydrogens is 404 g/mol. The number of hydrogen-bond acceptors (Lipinski definition) is 7. The fourth-order valence-electron chi connectivity index (χ4n) is 6.75. The van der Waals surface area contributed by atoms with Crippen molar-refractivity contribution in [3.8, 4) is 5.75 Å². The summed E-state index contributed by atoms with van der Waals surface area (Å²) in [6.07, 6.45) is -0.534. The van der Waals surface area contributed by atoms with E-state index in [9.17, 15) is 19.5 Å². The molecule has 0 amide bonds. The van der Waals surface area contributed by atoms with E-state index in [2.05, 4.69) is 0 Å². The summed E-state index contributed by atoms with van der Waals surface area (Å²) in [5.74, 6) is -0.943. The Hall–Kier alpha value is -2.35. The van der Waals surface area contributed by atoms with Crippen molar-refractivity contribution >= 4 is 11.9 Å². The molecule has 3 heterocycles. The Morgan fingerprint density at radius 3 is 2.55 bits per heavy atom. The van der Waals surface area contributed by atoms with Gasteiger partial charge in [0.1, 0.15) is 23.2 Å². The number of rotatable bonds is 3. The second kappa shape index (κ2) is 6.82. The van der Waals surface area contributed by atoms with Crippen molar-refractivity contribution in [1.82, 2.24) is 0 Å². The number of hydrogen-bond donors (Lipinski definition) is 1. The summed E-state index contributed by atoms with van der Waals surface area (Å²) in [4.78, 5) is 36.3. The zero-order valence-corrected chi connectivity index (χ0v) is 18.8. The van der Waals surface area contributed by atoms with Gasteiger partial charge in [0.2, 0.25) is 0 Å². The van der Waals surface area contributed by atoms with E-state index in [0.29, 0.717) is 29.9 Å². The minimum atomic E-state index is -0.966. The quantitative estimate of drug-likeness (QED) is 0.723. The first-order valence-corrected chi connectivity index (χ1v) is 10.7. The number of ether oxygens (including phenoxy) is 3. The molecule has 0 aromatic carbocycles. The molecule has 31 heavy (non-hydrogen) atoms. The third-order valence-electron chi connectivity index (χ3n) is 7.59. The van der Waals surface area contributed by atoms with Crippen LogP contribution in [0, 0.1) is 24.2 Å². The molecule has 2 aliphatic heterocycles. The highest BCUT2D eigenvalue weighted by atomic mass is 16.6. The lowest BCUT2D eigenvalue weighted by atomic mass is 9.49. The molecule has 3 aliphatic rings. The van der Waals surface area contributed by atoms with Crippen molar-refractivity contribution in [3.05, 3.63) is 27.8 Å². The third-order valence-corrected chi connectivity index (χ3v) is 7.59. The molecular formula is C23H30O8. The monoisotopic (exact) mass is 434 g/mol. The highest BCUT2D eigenvalue weighted by Gasteiger charge is 2.71. The Morgan fingerprint density at radius 1 is 1.26 bits per heavy atom. The minimum absolute atomic E-state index is 0.189. The number of esters is 1. The maximum atomic E-state index is 12.6. The number of carboxylic acid groups (broad SMARTS) is 1. The normalized spacial score (nSPS) is 37.7. The van der Waals surface area contributed by atoms with E-state index in [1.165, 1.54) is 6.92 Å². The highest BCUT2D eigenvalue weighted by Crippen LogP contribution is 2.65. The molecule has 8 heteroatoms. The maximum absolute atomic E-state index is 12.6. The molecule has 0 bridgehead atoms. The lowest BCUT2D eigenvalue weighted by Crippen LogP contribution is -2.66. The summed E-state index contributed by atoms with van der Waals surface area (Å²) in [5, 5.41) is 9.59. The van der Waals surface area contributed by atoms with Gasteiger partial charge >= 0.3 is 17.6 Å². The fraction of sp³-hybridized carbons (Fsp3) is 0.696. The second-order valence-electron chi connectivity index (χ2n) is 10.2. The average molecular weight is 434 g/mol. The molecule has 4 rings (SSSR count). The van der Waals surface area contributed by atoms with Gasteiger partial charge in [0, 0.05) is 36.7 Å². The number of fused-ring (bicyclic) bond motifs is 4. The number of carbonyl (C=O) groups excluding carboxylic acids is 1. The Bertz CT molecular complexity index is 994. The summed E-state index contributed by atoms with van der Waals surface area (Å²) < 4.78 is 23.9. The Balaban J connectivity index is 1.89. The van der Waals surface area contributed by atoms with Crippen molar-refractivity contribution in [2.24, 2.45) is 17.3 Å². The molecule has 0 unspecified atom stereocenters. The Kier molecular flexibility index (Phi) is 4.81. The molecule has 1 saturated carbocycles. The number of aliphatic carboxylic acids is 1. The molecule has 1 aromatic rings. The lowest BCUT2D eigenvalue weighted by Gasteiger charge is -2.59. The van der Waals surface area contributed by atoms with Crippen LogP contribution in [0.25, 0.3) is 0 Å². The SMILES string of the molecule is CC(=O)O[C@@H]1C[C@@]2(C)Oc3cc(C)oc(=O)c3C[C@@H]2[C@@]2(C)[C@H](CC(=O)O)OC(C)(C)[C@H]12. The van der Waals surface area contributed by atoms with Crippen molar-refractivity contribution in [2.75, 3.05) is 0 Å². The summed E-state index contributed by atoms with van der Waals surface area (Å²) in [7, 11) is 0. The van der Waals surface area contributed by atoms with Crippen molar-refractivity contribution in [2.45, 2.75) is 84.2 Å². The summed E-state index contributed by atoms with van der Waals surface area (Å²) in [6.45, 7) is 10.8. The first-order valence-electron chi connectivity index (χ1n) is 10.7. The van der Waals surface area contributed by atoms with Gasteiger partial charge in [0.25, 0.3) is 0 Å². The molecule has 1 saturated heterocycles. The first-order chi connectivity index (χ1) is 14.3. The standard InChI is InChI=1S/C23H30O8/c1-11-7-14-13(20(27)28-11)8-16-22(5,30-14)10-15(29-12(2)24)19-21(3,4)31-17(9-18(25)26)23(16,19)6/h7,15-17,19H,8-10H2,1-6H3,(H,25,26)/t15-,16+,17+,19+,22-,23+/m1/s1. The average Bonchev–Trinajstić information content (AvgIpc) is 2.77. The molecule has 170 valence electrons. The number of carbonyl (C=O) groups is 2. The largest absolute Gasteiger partial charge is 0.486 e. The van der Waals surface area contributed by atoms with Crippen LogP contribution < -0.4 is 10.4 Å². The summed E-state index contributed by atoms with van der Waals surface area (Å²) >= 11 is 0. The van der Waals surface area contributed by atoms with Gasteiger partial charge in [-0.05, 0) is 34.1 Å². The van der Waals surface area contributed by atoms with Crippen LogP contribution in [0.5, 0.6) is 5.75 Å². The zero-order chi connectivity index (χ0) is 22.9. The van der Waals surface area contributed by atoms with Crippen LogP contribution in [-0.4, -0.2) is 40.5 Å². The van der Waals surface area contributed by atoms with Gasteiger partial charge in [-0.2, -0.15) is 0 Å². The molecule has 0 radical (unpaired) electrons. The van der Waals surface area contributed by atoms with Gasteiger partial charge in [-0.1, -0.05) is 6.92 Å². The van der Waals surface area contributed by atoms with E-state index in [0.717, 1.165) is 0 Å². The predicted octanol–water partition coefficient (Wildman–Crippen LogP) is 2.87. The van der Waals surface area contributed by atoms with Gasteiger partial charge in [-0.3, -0.25) is 9.59 Å². The molecule has 2 fully saturated rings. The lowest BCUT2D eigenvalue weighted by molar-refractivity contribution is -0.190. The van der Waals surface area contributed by atoms with E-state index in [-0.39, 0.29) is 18.3 Å². The van der Waals surface area contributed by atoms with E-state index in [1.54, 1.807) is 13.0 Å². The molecule has 1 aromatic heterocycles. The van der Waals surface area contributed by atoms with Crippen molar-refractivity contribution < 1.29 is 33.3 Å². The van der Waals surface area contributed by atoms with Crippen LogP contribution in [0.15, 0.2) is 15.3 Å². The smallest absolute Gasteiger partial charge is 0.342 e. The third kappa shape index (κ3) is 3.26. The van der Waals surface area contributed by atoms with Gasteiger partial charge in [-0.25, -0.2) is 4.79 Å². The van der Waals surface area contributed by atoms with Crippen LogP contribution in [0.4, 0.5) is 0 Å². The van der Waals surface area contributed by atoms with Crippen LogP contribution in [0.1, 0.15) is 58.8 Å². The van der Waals surface area contributed by atoms with Crippen LogP contribution in [0.2, 0.25) is 0 Å². The Labute approximate surface area is 180 Å².